The van der Waals surface area contributed by atoms with Gasteiger partial charge in [-0.3, -0.25) is 0 Å². The van der Waals surface area contributed by atoms with Crippen molar-refractivity contribution in [2.45, 2.75) is 6.92 Å². The van der Waals surface area contributed by atoms with Gasteiger partial charge in [-0.2, -0.15) is 0 Å². The minimum Gasteiger partial charge on any atom is -0.461 e. The van der Waals surface area contributed by atoms with E-state index in [0.717, 1.165) is 0 Å². The standard InChI is InChI=1S/C8H11N3O2/c1-2-13-8(12)7-3-5(9)6(10)4-11-7/h3-4H,2,10H2,1H3,(H2,9,11). The number of carbonyl (C=O) groups is 1. The molecular formula is C8H11N3O2. The molecule has 0 aliphatic carbocycles. The molecule has 0 saturated heterocycles. The van der Waals surface area contributed by atoms with E-state index in [1.54, 1.807) is 6.92 Å². The van der Waals surface area contributed by atoms with Gasteiger partial charge in [0.1, 0.15) is 0 Å². The van der Waals surface area contributed by atoms with Crippen molar-refractivity contribution in [3.05, 3.63) is 18.0 Å². The number of pyridine rings is 1. The molecule has 5 nitrogen and oxygen atoms in total. The second-order valence-corrected chi connectivity index (χ2v) is 2.42. The summed E-state index contributed by atoms with van der Waals surface area (Å²) < 4.78 is 4.72. The summed E-state index contributed by atoms with van der Waals surface area (Å²) in [4.78, 5) is 14.9. The third-order valence-corrected chi connectivity index (χ3v) is 1.45. The molecule has 70 valence electrons. The number of nitrogen functional groups attached to an aromatic ring is 2. The van der Waals surface area contributed by atoms with E-state index in [0.29, 0.717) is 18.0 Å². The lowest BCUT2D eigenvalue weighted by Gasteiger charge is -2.03. The molecule has 0 aliphatic heterocycles. The van der Waals surface area contributed by atoms with Crippen LogP contribution in [-0.2, 0) is 4.74 Å². The maximum Gasteiger partial charge on any atom is 0.356 e. The molecule has 4 N–H and O–H groups in total. The molecule has 0 bridgehead atoms. The minimum atomic E-state index is -0.491. The van der Waals surface area contributed by atoms with Crippen molar-refractivity contribution in [1.82, 2.24) is 4.98 Å². The van der Waals surface area contributed by atoms with Gasteiger partial charge in [-0.05, 0) is 13.0 Å². The predicted octanol–water partition coefficient (Wildman–Crippen LogP) is 0.423. The number of aromatic nitrogens is 1. The van der Waals surface area contributed by atoms with Crippen LogP contribution in [0.3, 0.4) is 0 Å². The van der Waals surface area contributed by atoms with Gasteiger partial charge < -0.3 is 16.2 Å². The maximum absolute atomic E-state index is 11.1. The van der Waals surface area contributed by atoms with E-state index in [-0.39, 0.29) is 5.69 Å². The van der Waals surface area contributed by atoms with E-state index in [4.69, 9.17) is 16.2 Å². The number of esters is 1. The van der Waals surface area contributed by atoms with Crippen LogP contribution < -0.4 is 11.5 Å². The monoisotopic (exact) mass is 181 g/mol. The predicted molar refractivity (Wildman–Crippen MR) is 49.0 cm³/mol. The highest BCUT2D eigenvalue weighted by Gasteiger charge is 2.08. The number of rotatable bonds is 2. The van der Waals surface area contributed by atoms with Crippen molar-refractivity contribution < 1.29 is 9.53 Å². The van der Waals surface area contributed by atoms with Gasteiger partial charge in [0.2, 0.25) is 0 Å². The molecule has 0 aromatic carbocycles. The molecule has 13 heavy (non-hydrogen) atoms. The summed E-state index contributed by atoms with van der Waals surface area (Å²) in [6.45, 7) is 2.03. The number of nitrogens with two attached hydrogens (primary N) is 2. The van der Waals surface area contributed by atoms with Crippen LogP contribution in [0.5, 0.6) is 0 Å². The van der Waals surface area contributed by atoms with E-state index in [2.05, 4.69) is 4.98 Å². The van der Waals surface area contributed by atoms with E-state index < -0.39 is 5.97 Å². The van der Waals surface area contributed by atoms with Crippen molar-refractivity contribution in [1.29, 1.82) is 0 Å². The van der Waals surface area contributed by atoms with Crippen LogP contribution >= 0.6 is 0 Å². The molecule has 1 aromatic rings. The fraction of sp³-hybridized carbons (Fsp3) is 0.250. The molecule has 0 amide bonds. The molecule has 1 heterocycles. The second-order valence-electron chi connectivity index (χ2n) is 2.42. The Hall–Kier alpha value is -1.78. The van der Waals surface area contributed by atoms with Gasteiger partial charge in [0.15, 0.2) is 5.69 Å². The third kappa shape index (κ3) is 2.08. The third-order valence-electron chi connectivity index (χ3n) is 1.45. The Morgan fingerprint density at radius 3 is 2.77 bits per heavy atom. The number of anilines is 2. The first-order chi connectivity index (χ1) is 6.15. The number of nitrogens with zero attached hydrogens (tertiary/aromatic N) is 1. The SMILES string of the molecule is CCOC(=O)c1cc(N)c(N)cn1. The quantitative estimate of drug-likeness (QED) is 0.645. The van der Waals surface area contributed by atoms with E-state index in [9.17, 15) is 4.79 Å². The van der Waals surface area contributed by atoms with Gasteiger partial charge in [-0.15, -0.1) is 0 Å². The van der Waals surface area contributed by atoms with E-state index in [1.807, 2.05) is 0 Å². The minimum absolute atomic E-state index is 0.175. The zero-order valence-corrected chi connectivity index (χ0v) is 7.28. The molecule has 0 unspecified atom stereocenters. The first-order valence-corrected chi connectivity index (χ1v) is 3.83. The van der Waals surface area contributed by atoms with Gasteiger partial charge in [-0.1, -0.05) is 0 Å². The number of hydrogen-bond acceptors (Lipinski definition) is 5. The highest BCUT2D eigenvalue weighted by Crippen LogP contribution is 2.13. The van der Waals surface area contributed by atoms with E-state index >= 15 is 0 Å². The maximum atomic E-state index is 11.1. The second kappa shape index (κ2) is 3.75. The zero-order chi connectivity index (χ0) is 9.84. The highest BCUT2D eigenvalue weighted by atomic mass is 16.5. The fourth-order valence-corrected chi connectivity index (χ4v) is 0.798. The smallest absolute Gasteiger partial charge is 0.356 e. The summed E-state index contributed by atoms with van der Waals surface area (Å²) in [6.07, 6.45) is 1.33. The summed E-state index contributed by atoms with van der Waals surface area (Å²) in [6, 6.07) is 1.40. The Labute approximate surface area is 75.7 Å². The molecule has 0 fully saturated rings. The summed E-state index contributed by atoms with van der Waals surface area (Å²) >= 11 is 0. The van der Waals surface area contributed by atoms with Gasteiger partial charge in [0.05, 0.1) is 24.2 Å². The van der Waals surface area contributed by atoms with Crippen molar-refractivity contribution in [2.24, 2.45) is 0 Å². The van der Waals surface area contributed by atoms with Crippen molar-refractivity contribution in [3.8, 4) is 0 Å². The lowest BCUT2D eigenvalue weighted by molar-refractivity contribution is 0.0519. The Morgan fingerprint density at radius 1 is 1.54 bits per heavy atom. The first kappa shape index (κ1) is 9.31. The van der Waals surface area contributed by atoms with Crippen molar-refractivity contribution in [2.75, 3.05) is 18.1 Å². The summed E-state index contributed by atoms with van der Waals surface area (Å²) in [7, 11) is 0. The van der Waals surface area contributed by atoms with Crippen LogP contribution in [0.4, 0.5) is 11.4 Å². The van der Waals surface area contributed by atoms with E-state index in [1.165, 1.54) is 12.3 Å². The molecule has 1 aromatic heterocycles. The number of ether oxygens (including phenoxy) is 1. The van der Waals surface area contributed by atoms with Crippen LogP contribution in [0.1, 0.15) is 17.4 Å². The molecular weight excluding hydrogens is 170 g/mol. The molecule has 0 atom stereocenters. The molecule has 0 saturated carbocycles. The van der Waals surface area contributed by atoms with Crippen molar-refractivity contribution in [3.63, 3.8) is 0 Å². The summed E-state index contributed by atoms with van der Waals surface area (Å²) in [5.74, 6) is -0.491. The van der Waals surface area contributed by atoms with Crippen molar-refractivity contribution >= 4 is 17.3 Å². The van der Waals surface area contributed by atoms with Gasteiger partial charge >= 0.3 is 5.97 Å². The Balaban J connectivity index is 2.90. The normalized spacial score (nSPS) is 9.62. The Morgan fingerprint density at radius 2 is 2.23 bits per heavy atom. The lowest BCUT2D eigenvalue weighted by atomic mass is 10.3. The average Bonchev–Trinajstić information content (AvgIpc) is 2.10. The van der Waals surface area contributed by atoms with Gasteiger partial charge in [0.25, 0.3) is 0 Å². The first-order valence-electron chi connectivity index (χ1n) is 3.83. The zero-order valence-electron chi connectivity index (χ0n) is 7.28. The summed E-state index contributed by atoms with van der Waals surface area (Å²) in [5.41, 5.74) is 11.8. The Kier molecular flexibility index (Phi) is 2.69. The Bertz CT molecular complexity index is 325. The number of carbonyl (C=O) groups excluding carboxylic acids is 1. The van der Waals surface area contributed by atoms with Crippen LogP contribution in [-0.4, -0.2) is 17.6 Å². The van der Waals surface area contributed by atoms with Gasteiger partial charge in [0, 0.05) is 0 Å². The molecule has 0 aliphatic rings. The van der Waals surface area contributed by atoms with Crippen LogP contribution in [0.2, 0.25) is 0 Å². The van der Waals surface area contributed by atoms with Crippen LogP contribution in [0.25, 0.3) is 0 Å². The highest BCUT2D eigenvalue weighted by molar-refractivity contribution is 5.89. The topological polar surface area (TPSA) is 91.2 Å². The lowest BCUT2D eigenvalue weighted by Crippen LogP contribution is -2.08. The molecule has 1 rings (SSSR count). The van der Waals surface area contributed by atoms with Gasteiger partial charge in [-0.25, -0.2) is 9.78 Å². The summed E-state index contributed by atoms with van der Waals surface area (Å²) in [5, 5.41) is 0. The molecule has 5 heteroatoms. The van der Waals surface area contributed by atoms with Crippen LogP contribution in [0, 0.1) is 0 Å². The molecule has 0 radical (unpaired) electrons. The fourth-order valence-electron chi connectivity index (χ4n) is 0.798. The number of hydrogen-bond donors (Lipinski definition) is 2. The average molecular weight is 181 g/mol. The van der Waals surface area contributed by atoms with Crippen LogP contribution in [0.15, 0.2) is 12.3 Å². The largest absolute Gasteiger partial charge is 0.461 e. The molecule has 0 spiro atoms.